The normalized spacial score (nSPS) is 26.5. The number of hydrogen-bond acceptors (Lipinski definition) is 9. The molecule has 9 nitrogen and oxygen atoms in total. The summed E-state index contributed by atoms with van der Waals surface area (Å²) < 4.78 is 5.92. The van der Waals surface area contributed by atoms with E-state index < -0.39 is 62.7 Å². The van der Waals surface area contributed by atoms with Gasteiger partial charge in [-0.25, -0.2) is 0 Å². The first-order valence-electron chi connectivity index (χ1n) is 17.5. The third-order valence-electron chi connectivity index (χ3n) is 11.0. The summed E-state index contributed by atoms with van der Waals surface area (Å²) in [7, 11) is 0. The van der Waals surface area contributed by atoms with Crippen molar-refractivity contribution in [2.45, 2.75) is 100 Å². The summed E-state index contributed by atoms with van der Waals surface area (Å²) in [5.41, 5.74) is -3.37. The zero-order chi connectivity index (χ0) is 37.3. The summed E-state index contributed by atoms with van der Waals surface area (Å²) in [5.74, 6) is -4.78. The third kappa shape index (κ3) is 5.67. The first-order chi connectivity index (χ1) is 23.1. The number of allylic oxidation sites excluding steroid dienone is 1. The standard InChI is InChI=1S/C41H50O9/c1-10-50-29-16-12-23(17-24(29)11-13-25(43)18-38(5,6)7)26-14-15-28(44)31-27(26)19-39(8)20-40(9)32(21(2)3)34(45)30(22(4)42)36(47)41(40,49)37(48)33(39)35(31)46/h12,14-17,21,32,44,46-47,49H,10-11,13,18-20H2,1-9H3/t32?,39-,40-,41+/m1/s1. The van der Waals surface area contributed by atoms with Crippen LogP contribution in [0.1, 0.15) is 98.3 Å². The Morgan fingerprint density at radius 3 is 2.28 bits per heavy atom. The first kappa shape index (κ1) is 37.0. The number of aromatic hydroxyl groups is 1. The highest BCUT2D eigenvalue weighted by molar-refractivity contribution is 6.24. The van der Waals surface area contributed by atoms with Crippen LogP contribution in [0.5, 0.6) is 11.5 Å². The van der Waals surface area contributed by atoms with Crippen LogP contribution in [-0.4, -0.2) is 55.8 Å². The lowest BCUT2D eigenvalue weighted by atomic mass is 9.43. The number of hydrogen-bond donors (Lipinski definition) is 4. The molecule has 0 amide bonds. The van der Waals surface area contributed by atoms with Crippen LogP contribution in [0.4, 0.5) is 0 Å². The van der Waals surface area contributed by atoms with Crippen LogP contribution in [0.3, 0.4) is 0 Å². The highest BCUT2D eigenvalue weighted by Gasteiger charge is 2.72. The summed E-state index contributed by atoms with van der Waals surface area (Å²) in [6.07, 6.45) is 1.41. The molecule has 1 saturated carbocycles. The van der Waals surface area contributed by atoms with Crippen molar-refractivity contribution in [3.05, 3.63) is 63.9 Å². The average Bonchev–Trinajstić information content (AvgIpc) is 2.97. The molecule has 4 atom stereocenters. The number of aliphatic hydroxyl groups is 3. The predicted molar refractivity (Wildman–Crippen MR) is 190 cm³/mol. The second kappa shape index (κ2) is 12.5. The molecule has 0 spiro atoms. The van der Waals surface area contributed by atoms with Gasteiger partial charge >= 0.3 is 0 Å². The second-order valence-corrected chi connectivity index (χ2v) is 16.5. The third-order valence-corrected chi connectivity index (χ3v) is 11.0. The molecular formula is C41H50O9. The summed E-state index contributed by atoms with van der Waals surface area (Å²) in [5, 5.41) is 46.8. The molecule has 9 heteroatoms. The van der Waals surface area contributed by atoms with Crippen molar-refractivity contribution in [3.8, 4) is 22.6 Å². The molecule has 2 aromatic rings. The number of phenols is 1. The Labute approximate surface area is 294 Å². The predicted octanol–water partition coefficient (Wildman–Crippen LogP) is 7.19. The Kier molecular flexibility index (Phi) is 9.27. The zero-order valence-corrected chi connectivity index (χ0v) is 30.6. The SMILES string of the molecule is CCOc1ccc(-c2ccc(O)c3c2C[C@]2(C)C[C@]4(C)C(C(C)C)C(=O)C(C(C)=O)=C(O)[C@]4(O)C(=O)C2=C3O)cc1CCC(=O)CC(C)(C)C. The van der Waals surface area contributed by atoms with Gasteiger partial charge < -0.3 is 25.2 Å². The van der Waals surface area contributed by atoms with Gasteiger partial charge in [-0.2, -0.15) is 0 Å². The number of benzene rings is 2. The maximum Gasteiger partial charge on any atom is 0.203 e. The van der Waals surface area contributed by atoms with Crippen molar-refractivity contribution < 1.29 is 44.3 Å². The monoisotopic (exact) mass is 686 g/mol. The number of rotatable bonds is 9. The molecule has 3 aliphatic rings. The van der Waals surface area contributed by atoms with Gasteiger partial charge in [-0.1, -0.05) is 60.6 Å². The van der Waals surface area contributed by atoms with Crippen LogP contribution in [0.25, 0.3) is 16.9 Å². The molecule has 0 heterocycles. The largest absolute Gasteiger partial charge is 0.508 e. The minimum Gasteiger partial charge on any atom is -0.508 e. The lowest BCUT2D eigenvalue weighted by Crippen LogP contribution is -2.69. The molecule has 0 aliphatic heterocycles. The minimum absolute atomic E-state index is 0.00438. The summed E-state index contributed by atoms with van der Waals surface area (Å²) in [6.45, 7) is 16.4. The van der Waals surface area contributed by atoms with Crippen molar-refractivity contribution in [1.29, 1.82) is 0 Å². The number of fused-ring (bicyclic) bond motifs is 3. The van der Waals surface area contributed by atoms with E-state index in [0.29, 0.717) is 42.7 Å². The van der Waals surface area contributed by atoms with Crippen LogP contribution in [0, 0.1) is 28.1 Å². The van der Waals surface area contributed by atoms with E-state index in [9.17, 15) is 39.6 Å². The Morgan fingerprint density at radius 2 is 1.70 bits per heavy atom. The molecule has 5 rings (SSSR count). The van der Waals surface area contributed by atoms with Gasteiger partial charge in [0.2, 0.25) is 5.78 Å². The van der Waals surface area contributed by atoms with Crippen LogP contribution in [0.15, 0.2) is 47.2 Å². The van der Waals surface area contributed by atoms with Crippen molar-refractivity contribution in [2.24, 2.45) is 28.1 Å². The lowest BCUT2D eigenvalue weighted by Gasteiger charge is -2.59. The number of carbonyl (C=O) groups excluding carboxylic acids is 4. The Morgan fingerprint density at radius 1 is 1.04 bits per heavy atom. The number of carbonyl (C=O) groups is 4. The highest BCUT2D eigenvalue weighted by Crippen LogP contribution is 2.65. The molecule has 2 aromatic carbocycles. The van der Waals surface area contributed by atoms with Crippen LogP contribution in [0.2, 0.25) is 0 Å². The Balaban J connectivity index is 1.68. The topological polar surface area (TPSA) is 158 Å². The number of phenolic OH excluding ortho intramolecular Hbond substituents is 1. The lowest BCUT2D eigenvalue weighted by molar-refractivity contribution is -0.178. The van der Waals surface area contributed by atoms with Crippen LogP contribution >= 0.6 is 0 Å². The molecule has 4 N–H and O–H groups in total. The second-order valence-electron chi connectivity index (χ2n) is 16.5. The van der Waals surface area contributed by atoms with Gasteiger partial charge in [0.05, 0.1) is 12.2 Å². The Bertz CT molecular complexity index is 1870. The van der Waals surface area contributed by atoms with E-state index >= 15 is 0 Å². The molecule has 3 aliphatic carbocycles. The molecule has 268 valence electrons. The molecule has 1 fully saturated rings. The fourth-order valence-electron chi connectivity index (χ4n) is 9.18. The summed E-state index contributed by atoms with van der Waals surface area (Å²) in [6, 6.07) is 8.86. The van der Waals surface area contributed by atoms with Gasteiger partial charge in [0, 0.05) is 35.2 Å². The van der Waals surface area contributed by atoms with Gasteiger partial charge in [0.25, 0.3) is 0 Å². The number of aryl methyl sites for hydroxylation is 1. The smallest absolute Gasteiger partial charge is 0.203 e. The number of ether oxygens (including phenoxy) is 1. The van der Waals surface area contributed by atoms with Crippen molar-refractivity contribution in [2.75, 3.05) is 6.61 Å². The van der Waals surface area contributed by atoms with E-state index in [-0.39, 0.29) is 40.9 Å². The van der Waals surface area contributed by atoms with Gasteiger partial charge in [-0.05, 0) is 84.9 Å². The van der Waals surface area contributed by atoms with E-state index in [4.69, 9.17) is 4.74 Å². The summed E-state index contributed by atoms with van der Waals surface area (Å²) >= 11 is 0. The molecular weight excluding hydrogens is 636 g/mol. The van der Waals surface area contributed by atoms with E-state index in [0.717, 1.165) is 18.1 Å². The van der Waals surface area contributed by atoms with Crippen molar-refractivity contribution >= 4 is 28.9 Å². The van der Waals surface area contributed by atoms with Gasteiger partial charge in [0.15, 0.2) is 17.2 Å². The number of ketones is 4. The zero-order valence-electron chi connectivity index (χ0n) is 30.6. The fraction of sp³-hybridized carbons (Fsp3) is 0.512. The molecule has 0 bridgehead atoms. The maximum atomic E-state index is 14.6. The van der Waals surface area contributed by atoms with E-state index in [1.165, 1.54) is 6.07 Å². The first-order valence-corrected chi connectivity index (χ1v) is 17.5. The van der Waals surface area contributed by atoms with E-state index in [2.05, 4.69) is 0 Å². The molecule has 0 saturated heterocycles. The quantitative estimate of drug-likeness (QED) is 0.200. The van der Waals surface area contributed by atoms with Crippen LogP contribution < -0.4 is 4.74 Å². The van der Waals surface area contributed by atoms with Gasteiger partial charge in [-0.3, -0.25) is 19.2 Å². The molecule has 50 heavy (non-hydrogen) atoms. The fourth-order valence-corrected chi connectivity index (χ4v) is 9.18. The number of Topliss-reactive ketones (excluding diaryl/α,β-unsaturated/α-hetero) is 4. The van der Waals surface area contributed by atoms with E-state index in [1.54, 1.807) is 33.8 Å². The van der Waals surface area contributed by atoms with Crippen molar-refractivity contribution in [1.82, 2.24) is 0 Å². The highest BCUT2D eigenvalue weighted by atomic mass is 16.5. The molecule has 1 unspecified atom stereocenters. The summed E-state index contributed by atoms with van der Waals surface area (Å²) in [4.78, 5) is 53.9. The van der Waals surface area contributed by atoms with Crippen molar-refractivity contribution in [3.63, 3.8) is 0 Å². The maximum absolute atomic E-state index is 14.6. The Hall–Kier alpha value is -4.24. The minimum atomic E-state index is -2.67. The number of aliphatic hydroxyl groups excluding tert-OH is 2. The van der Waals surface area contributed by atoms with Gasteiger partial charge in [-0.15, -0.1) is 0 Å². The van der Waals surface area contributed by atoms with Gasteiger partial charge in [0.1, 0.15) is 34.4 Å². The van der Waals surface area contributed by atoms with E-state index in [1.807, 2.05) is 45.9 Å². The molecule has 0 aromatic heterocycles. The van der Waals surface area contributed by atoms with Crippen LogP contribution in [-0.2, 0) is 32.0 Å². The average molecular weight is 687 g/mol. The molecule has 0 radical (unpaired) electrons.